The van der Waals surface area contributed by atoms with Crippen molar-refractivity contribution in [3.63, 3.8) is 0 Å². The number of fused-ring (bicyclic) bond motifs is 2. The first-order chi connectivity index (χ1) is 13.8. The maximum absolute atomic E-state index is 13.5. The molecule has 0 saturated heterocycles. The number of carbonyl (C=O) groups excluding carboxylic acids is 1. The highest BCUT2D eigenvalue weighted by Gasteiger charge is 2.29. The van der Waals surface area contributed by atoms with Crippen LogP contribution >= 0.6 is 0 Å². The fraction of sp³-hybridized carbons (Fsp3) is 0.333. The van der Waals surface area contributed by atoms with Crippen LogP contribution < -0.4 is 0 Å². The van der Waals surface area contributed by atoms with Gasteiger partial charge in [-0.2, -0.15) is 0 Å². The number of hydrogen-bond donors (Lipinski definition) is 0. The van der Waals surface area contributed by atoms with Crippen LogP contribution in [0.25, 0.3) is 11.4 Å². The third-order valence-electron chi connectivity index (χ3n) is 6.02. The van der Waals surface area contributed by atoms with Gasteiger partial charge in [0.15, 0.2) is 0 Å². The molecule has 28 heavy (non-hydrogen) atoms. The predicted octanol–water partition coefficient (Wildman–Crippen LogP) is 4.48. The lowest BCUT2D eigenvalue weighted by atomic mass is 9.99. The summed E-state index contributed by atoms with van der Waals surface area (Å²) in [5.74, 6) is 1.03. The molecule has 2 aromatic carbocycles. The number of benzene rings is 2. The summed E-state index contributed by atoms with van der Waals surface area (Å²) in [5, 5.41) is 0. The van der Waals surface area contributed by atoms with Crippen LogP contribution in [0.1, 0.15) is 46.6 Å². The van der Waals surface area contributed by atoms with Gasteiger partial charge >= 0.3 is 0 Å². The predicted molar refractivity (Wildman–Crippen MR) is 110 cm³/mol. The molecule has 0 atom stereocenters. The average molecular weight is 371 g/mol. The van der Waals surface area contributed by atoms with Crippen molar-refractivity contribution < 1.29 is 4.79 Å². The fourth-order valence-corrected chi connectivity index (χ4v) is 4.52. The molecule has 2 aliphatic rings. The van der Waals surface area contributed by atoms with Crippen molar-refractivity contribution in [2.45, 2.75) is 45.2 Å². The summed E-state index contributed by atoms with van der Waals surface area (Å²) in [6.45, 7) is 2.40. The van der Waals surface area contributed by atoms with Crippen LogP contribution in [0.3, 0.4) is 0 Å². The molecule has 0 N–H and O–H groups in total. The lowest BCUT2D eigenvalue weighted by Gasteiger charge is -2.28. The molecule has 0 spiro atoms. The number of aromatic nitrogens is 2. The molecule has 2 aliphatic heterocycles. The minimum Gasteiger partial charge on any atom is -0.333 e. The third-order valence-corrected chi connectivity index (χ3v) is 6.02. The first-order valence-corrected chi connectivity index (χ1v) is 10.3. The summed E-state index contributed by atoms with van der Waals surface area (Å²) in [4.78, 5) is 20.4. The number of hydrogen-bond acceptors (Lipinski definition) is 2. The lowest BCUT2D eigenvalue weighted by molar-refractivity contribution is 0.0728. The van der Waals surface area contributed by atoms with Crippen molar-refractivity contribution in [2.24, 2.45) is 0 Å². The molecular weight excluding hydrogens is 346 g/mol. The standard InChI is InChI=1S/C24H25N3O/c28-24(26-16-14-18-9-6-7-12-20(18)17-26)22-21-13-5-2-8-15-27(21)23(25-22)19-10-3-1-4-11-19/h1,3-4,6-7,9-12H,2,5,8,13-17H2. The highest BCUT2D eigenvalue weighted by atomic mass is 16.2. The van der Waals surface area contributed by atoms with Crippen molar-refractivity contribution in [3.05, 3.63) is 77.1 Å². The van der Waals surface area contributed by atoms with E-state index in [1.54, 1.807) is 0 Å². The second-order valence-corrected chi connectivity index (χ2v) is 7.80. The third kappa shape index (κ3) is 3.03. The highest BCUT2D eigenvalue weighted by Crippen LogP contribution is 2.29. The molecule has 0 radical (unpaired) electrons. The van der Waals surface area contributed by atoms with Crippen molar-refractivity contribution in [1.29, 1.82) is 0 Å². The van der Waals surface area contributed by atoms with Gasteiger partial charge in [0, 0.05) is 25.2 Å². The van der Waals surface area contributed by atoms with Gasteiger partial charge < -0.3 is 9.47 Å². The molecule has 3 aromatic rings. The van der Waals surface area contributed by atoms with Gasteiger partial charge in [0.05, 0.1) is 5.69 Å². The Hall–Kier alpha value is -2.88. The Morgan fingerprint density at radius 1 is 0.821 bits per heavy atom. The highest BCUT2D eigenvalue weighted by molar-refractivity contribution is 5.94. The van der Waals surface area contributed by atoms with E-state index < -0.39 is 0 Å². The molecule has 1 aromatic heterocycles. The summed E-state index contributed by atoms with van der Waals surface area (Å²) in [6, 6.07) is 18.7. The van der Waals surface area contributed by atoms with E-state index in [9.17, 15) is 4.79 Å². The van der Waals surface area contributed by atoms with E-state index in [1.807, 2.05) is 23.1 Å². The van der Waals surface area contributed by atoms with E-state index in [0.717, 1.165) is 55.9 Å². The Morgan fingerprint density at radius 3 is 2.46 bits per heavy atom. The maximum Gasteiger partial charge on any atom is 0.274 e. The fourth-order valence-electron chi connectivity index (χ4n) is 4.52. The maximum atomic E-state index is 13.5. The van der Waals surface area contributed by atoms with Crippen LogP contribution in [0.15, 0.2) is 54.6 Å². The van der Waals surface area contributed by atoms with Gasteiger partial charge in [-0.3, -0.25) is 4.79 Å². The smallest absolute Gasteiger partial charge is 0.274 e. The zero-order valence-corrected chi connectivity index (χ0v) is 16.1. The van der Waals surface area contributed by atoms with Gasteiger partial charge in [-0.15, -0.1) is 0 Å². The Balaban J connectivity index is 1.53. The Morgan fingerprint density at radius 2 is 1.61 bits per heavy atom. The van der Waals surface area contributed by atoms with Crippen LogP contribution in [0.5, 0.6) is 0 Å². The Labute approximate surface area is 165 Å². The summed E-state index contributed by atoms with van der Waals surface area (Å²) in [6.07, 6.45) is 5.34. The Bertz CT molecular complexity index is 1010. The molecule has 4 nitrogen and oxygen atoms in total. The molecule has 4 heteroatoms. The van der Waals surface area contributed by atoms with Gasteiger partial charge in [-0.25, -0.2) is 4.98 Å². The monoisotopic (exact) mass is 371 g/mol. The SMILES string of the molecule is O=C(c1nc(-c2ccccc2)n2c1CCCCC2)N1CCc2ccccc2C1. The van der Waals surface area contributed by atoms with Crippen LogP contribution in [0.2, 0.25) is 0 Å². The van der Waals surface area contributed by atoms with E-state index in [-0.39, 0.29) is 5.91 Å². The van der Waals surface area contributed by atoms with E-state index in [4.69, 9.17) is 4.98 Å². The number of rotatable bonds is 2. The lowest BCUT2D eigenvalue weighted by Crippen LogP contribution is -2.36. The first-order valence-electron chi connectivity index (χ1n) is 10.3. The average Bonchev–Trinajstić information content (AvgIpc) is 2.94. The van der Waals surface area contributed by atoms with Crippen molar-refractivity contribution >= 4 is 5.91 Å². The molecule has 0 fully saturated rings. The van der Waals surface area contributed by atoms with Crippen LogP contribution in [0.4, 0.5) is 0 Å². The second kappa shape index (κ2) is 7.27. The zero-order chi connectivity index (χ0) is 18.9. The molecule has 0 saturated carbocycles. The van der Waals surface area contributed by atoms with Crippen LogP contribution in [0, 0.1) is 0 Å². The molecular formula is C24H25N3O. The second-order valence-electron chi connectivity index (χ2n) is 7.80. The van der Waals surface area contributed by atoms with Gasteiger partial charge in [0.25, 0.3) is 5.91 Å². The normalized spacial score (nSPS) is 16.2. The van der Waals surface area contributed by atoms with Crippen molar-refractivity contribution in [1.82, 2.24) is 14.5 Å². The van der Waals surface area contributed by atoms with Gasteiger partial charge in [-0.05, 0) is 36.8 Å². The van der Waals surface area contributed by atoms with Gasteiger partial charge in [-0.1, -0.05) is 61.0 Å². The van der Waals surface area contributed by atoms with E-state index in [1.165, 1.54) is 17.5 Å². The minimum absolute atomic E-state index is 0.0855. The molecule has 0 aliphatic carbocycles. The number of amides is 1. The van der Waals surface area contributed by atoms with Gasteiger partial charge in [0.1, 0.15) is 11.5 Å². The first kappa shape index (κ1) is 17.2. The number of imidazole rings is 1. The van der Waals surface area contributed by atoms with Crippen LogP contribution in [-0.4, -0.2) is 26.9 Å². The summed E-state index contributed by atoms with van der Waals surface area (Å²) >= 11 is 0. The van der Waals surface area contributed by atoms with Crippen molar-refractivity contribution in [2.75, 3.05) is 6.54 Å². The number of carbonyl (C=O) groups is 1. The Kier molecular flexibility index (Phi) is 4.47. The van der Waals surface area contributed by atoms with Crippen molar-refractivity contribution in [3.8, 4) is 11.4 Å². The molecule has 0 unspecified atom stereocenters. The summed E-state index contributed by atoms with van der Waals surface area (Å²) < 4.78 is 2.30. The number of nitrogens with zero attached hydrogens (tertiary/aromatic N) is 3. The molecule has 3 heterocycles. The van der Waals surface area contributed by atoms with E-state index in [2.05, 4.69) is 41.0 Å². The minimum atomic E-state index is 0.0855. The molecule has 1 amide bonds. The van der Waals surface area contributed by atoms with E-state index in [0.29, 0.717) is 12.2 Å². The largest absolute Gasteiger partial charge is 0.333 e. The molecule has 0 bridgehead atoms. The van der Waals surface area contributed by atoms with Gasteiger partial charge in [0.2, 0.25) is 0 Å². The zero-order valence-electron chi connectivity index (χ0n) is 16.1. The topological polar surface area (TPSA) is 38.1 Å². The molecule has 5 rings (SSSR count). The van der Waals surface area contributed by atoms with E-state index >= 15 is 0 Å². The summed E-state index contributed by atoms with van der Waals surface area (Å²) in [5.41, 5.74) is 5.50. The molecule has 142 valence electrons. The quantitative estimate of drug-likeness (QED) is 0.666. The van der Waals surface area contributed by atoms with Crippen LogP contribution in [-0.2, 0) is 25.9 Å². The summed E-state index contributed by atoms with van der Waals surface area (Å²) in [7, 11) is 0.